The molecular weight excluding hydrogens is 199 g/mol. The van der Waals surface area contributed by atoms with Crippen LogP contribution in [0.25, 0.3) is 0 Å². The van der Waals surface area contributed by atoms with E-state index in [9.17, 15) is 5.11 Å². The van der Waals surface area contributed by atoms with Gasteiger partial charge in [0.1, 0.15) is 18.5 Å². The molecule has 1 heterocycles. The summed E-state index contributed by atoms with van der Waals surface area (Å²) in [5, 5.41) is 10.4. The standard InChI is InChI=1S/C8H6Cl2O2/c9-4-1-5-7(11)3-12-8(5)6(10)2-4/h1-2,7,11H,3H2. The van der Waals surface area contributed by atoms with Crippen LogP contribution in [-0.4, -0.2) is 11.7 Å². The van der Waals surface area contributed by atoms with Crippen LogP contribution in [0.2, 0.25) is 10.0 Å². The number of halogens is 2. The summed E-state index contributed by atoms with van der Waals surface area (Å²) in [4.78, 5) is 0. The molecule has 0 saturated heterocycles. The fourth-order valence-electron chi connectivity index (χ4n) is 1.23. The monoisotopic (exact) mass is 204 g/mol. The van der Waals surface area contributed by atoms with Gasteiger partial charge in [0, 0.05) is 10.6 Å². The minimum absolute atomic E-state index is 0.259. The topological polar surface area (TPSA) is 29.5 Å². The Balaban J connectivity index is 2.60. The van der Waals surface area contributed by atoms with Gasteiger partial charge < -0.3 is 9.84 Å². The second kappa shape index (κ2) is 2.80. The molecule has 0 saturated carbocycles. The summed E-state index contributed by atoms with van der Waals surface area (Å²) in [7, 11) is 0. The van der Waals surface area contributed by atoms with E-state index in [4.69, 9.17) is 27.9 Å². The molecule has 12 heavy (non-hydrogen) atoms. The summed E-state index contributed by atoms with van der Waals surface area (Å²) in [5.74, 6) is 0.550. The molecule has 1 aliphatic heterocycles. The van der Waals surface area contributed by atoms with E-state index in [1.54, 1.807) is 12.1 Å². The molecule has 2 nitrogen and oxygen atoms in total. The minimum atomic E-state index is -0.601. The highest BCUT2D eigenvalue weighted by molar-refractivity contribution is 6.35. The van der Waals surface area contributed by atoms with Crippen molar-refractivity contribution in [2.24, 2.45) is 0 Å². The highest BCUT2D eigenvalue weighted by Crippen LogP contribution is 2.40. The third-order valence-electron chi connectivity index (χ3n) is 1.78. The van der Waals surface area contributed by atoms with Crippen molar-refractivity contribution in [1.29, 1.82) is 0 Å². The maximum atomic E-state index is 9.39. The molecule has 1 aliphatic rings. The van der Waals surface area contributed by atoms with E-state index >= 15 is 0 Å². The molecule has 64 valence electrons. The summed E-state index contributed by atoms with van der Waals surface area (Å²) in [5.41, 5.74) is 0.674. The zero-order valence-electron chi connectivity index (χ0n) is 6.05. The first-order valence-corrected chi connectivity index (χ1v) is 4.24. The van der Waals surface area contributed by atoms with E-state index in [0.29, 0.717) is 21.4 Å². The van der Waals surface area contributed by atoms with Crippen molar-refractivity contribution in [3.8, 4) is 5.75 Å². The van der Waals surface area contributed by atoms with Crippen LogP contribution < -0.4 is 4.74 Å². The van der Waals surface area contributed by atoms with Crippen LogP contribution in [0.15, 0.2) is 12.1 Å². The molecule has 1 unspecified atom stereocenters. The van der Waals surface area contributed by atoms with E-state index in [2.05, 4.69) is 0 Å². The molecule has 1 N–H and O–H groups in total. The van der Waals surface area contributed by atoms with Crippen LogP contribution in [0, 0.1) is 0 Å². The third kappa shape index (κ3) is 1.16. The molecule has 1 aromatic rings. The lowest BCUT2D eigenvalue weighted by atomic mass is 10.1. The van der Waals surface area contributed by atoms with Gasteiger partial charge in [-0.3, -0.25) is 0 Å². The van der Waals surface area contributed by atoms with Crippen LogP contribution in [0.5, 0.6) is 5.75 Å². The molecule has 0 radical (unpaired) electrons. The quantitative estimate of drug-likeness (QED) is 0.704. The second-order valence-electron chi connectivity index (χ2n) is 2.63. The molecule has 0 fully saturated rings. The first-order valence-electron chi connectivity index (χ1n) is 3.48. The Kier molecular flexibility index (Phi) is 1.91. The van der Waals surface area contributed by atoms with E-state index in [1.165, 1.54) is 0 Å². The molecular formula is C8H6Cl2O2. The number of aliphatic hydroxyl groups excluding tert-OH is 1. The van der Waals surface area contributed by atoms with Crippen LogP contribution in [0.3, 0.4) is 0 Å². The lowest BCUT2D eigenvalue weighted by Gasteiger charge is -2.02. The normalized spacial score (nSPS) is 20.4. The fraction of sp³-hybridized carbons (Fsp3) is 0.250. The summed E-state index contributed by atoms with van der Waals surface area (Å²) in [6.07, 6.45) is -0.601. The van der Waals surface area contributed by atoms with Gasteiger partial charge in [-0.05, 0) is 12.1 Å². The maximum Gasteiger partial charge on any atom is 0.144 e. The largest absolute Gasteiger partial charge is 0.489 e. The zero-order chi connectivity index (χ0) is 8.72. The number of hydrogen-bond donors (Lipinski definition) is 1. The SMILES string of the molecule is OC1COc2c(Cl)cc(Cl)cc21. The van der Waals surface area contributed by atoms with E-state index in [-0.39, 0.29) is 6.61 Å². The number of fused-ring (bicyclic) bond motifs is 1. The van der Waals surface area contributed by atoms with Gasteiger partial charge in [0.15, 0.2) is 0 Å². The van der Waals surface area contributed by atoms with Gasteiger partial charge in [-0.25, -0.2) is 0 Å². The lowest BCUT2D eigenvalue weighted by Crippen LogP contribution is -1.97. The van der Waals surface area contributed by atoms with Gasteiger partial charge in [-0.15, -0.1) is 0 Å². The van der Waals surface area contributed by atoms with Crippen molar-refractivity contribution in [3.05, 3.63) is 27.7 Å². The van der Waals surface area contributed by atoms with Gasteiger partial charge in [-0.1, -0.05) is 23.2 Å². The Hall–Kier alpha value is -0.440. The fourth-order valence-corrected chi connectivity index (χ4v) is 1.80. The van der Waals surface area contributed by atoms with Crippen LogP contribution in [0.4, 0.5) is 0 Å². The predicted molar refractivity (Wildman–Crippen MR) is 46.9 cm³/mol. The second-order valence-corrected chi connectivity index (χ2v) is 3.48. The highest BCUT2D eigenvalue weighted by Gasteiger charge is 2.24. The number of aliphatic hydroxyl groups is 1. The summed E-state index contributed by atoms with van der Waals surface area (Å²) in [6.45, 7) is 0.259. The number of benzene rings is 1. The van der Waals surface area contributed by atoms with E-state index in [1.807, 2.05) is 0 Å². The van der Waals surface area contributed by atoms with E-state index in [0.717, 1.165) is 0 Å². The summed E-state index contributed by atoms with van der Waals surface area (Å²) >= 11 is 11.6. The van der Waals surface area contributed by atoms with Gasteiger partial charge in [-0.2, -0.15) is 0 Å². The average Bonchev–Trinajstić information content (AvgIpc) is 2.33. The smallest absolute Gasteiger partial charge is 0.144 e. The van der Waals surface area contributed by atoms with Crippen molar-refractivity contribution < 1.29 is 9.84 Å². The van der Waals surface area contributed by atoms with Crippen LogP contribution in [-0.2, 0) is 0 Å². The van der Waals surface area contributed by atoms with Crippen LogP contribution >= 0.6 is 23.2 Å². The molecule has 0 aliphatic carbocycles. The van der Waals surface area contributed by atoms with Gasteiger partial charge in [0.2, 0.25) is 0 Å². The Bertz CT molecular complexity index is 325. The molecule has 0 bridgehead atoms. The molecule has 0 amide bonds. The maximum absolute atomic E-state index is 9.39. The zero-order valence-corrected chi connectivity index (χ0v) is 7.56. The summed E-state index contributed by atoms with van der Waals surface area (Å²) < 4.78 is 5.16. The Labute approximate surface area is 79.7 Å². The Morgan fingerprint density at radius 2 is 2.17 bits per heavy atom. The van der Waals surface area contributed by atoms with Crippen molar-refractivity contribution in [2.75, 3.05) is 6.61 Å². The van der Waals surface area contributed by atoms with Crippen molar-refractivity contribution >= 4 is 23.2 Å². The predicted octanol–water partition coefficient (Wildman–Crippen LogP) is 2.42. The molecule has 0 spiro atoms. The first-order chi connectivity index (χ1) is 5.68. The third-order valence-corrected chi connectivity index (χ3v) is 2.28. The van der Waals surface area contributed by atoms with Crippen molar-refractivity contribution in [3.63, 3.8) is 0 Å². The average molecular weight is 205 g/mol. The van der Waals surface area contributed by atoms with Crippen molar-refractivity contribution in [2.45, 2.75) is 6.10 Å². The number of hydrogen-bond acceptors (Lipinski definition) is 2. The van der Waals surface area contributed by atoms with Crippen molar-refractivity contribution in [1.82, 2.24) is 0 Å². The van der Waals surface area contributed by atoms with Gasteiger partial charge >= 0.3 is 0 Å². The lowest BCUT2D eigenvalue weighted by molar-refractivity contribution is 0.140. The van der Waals surface area contributed by atoms with E-state index < -0.39 is 6.10 Å². The van der Waals surface area contributed by atoms with Crippen LogP contribution in [0.1, 0.15) is 11.7 Å². The van der Waals surface area contributed by atoms with Gasteiger partial charge in [0.05, 0.1) is 5.02 Å². The minimum Gasteiger partial charge on any atom is -0.489 e. The molecule has 0 aromatic heterocycles. The van der Waals surface area contributed by atoms with Gasteiger partial charge in [0.25, 0.3) is 0 Å². The number of ether oxygens (including phenoxy) is 1. The number of rotatable bonds is 0. The Morgan fingerprint density at radius 1 is 1.42 bits per heavy atom. The molecule has 2 rings (SSSR count). The highest BCUT2D eigenvalue weighted by atomic mass is 35.5. The molecule has 1 atom stereocenters. The summed E-state index contributed by atoms with van der Waals surface area (Å²) in [6, 6.07) is 3.26. The molecule has 4 heteroatoms. The molecule has 1 aromatic carbocycles. The first kappa shape index (κ1) is 8.17. The Morgan fingerprint density at radius 3 is 2.92 bits per heavy atom.